The van der Waals surface area contributed by atoms with Gasteiger partial charge in [0.05, 0.1) is 10.1 Å². The minimum absolute atomic E-state index is 0.188. The lowest BCUT2D eigenvalue weighted by Crippen LogP contribution is -2.47. The molecule has 0 bridgehead atoms. The average Bonchev–Trinajstić information content (AvgIpc) is 2.65. The van der Waals surface area contributed by atoms with E-state index in [-0.39, 0.29) is 4.90 Å². The van der Waals surface area contributed by atoms with Crippen LogP contribution in [0.25, 0.3) is 0 Å². The van der Waals surface area contributed by atoms with E-state index in [1.54, 1.807) is 0 Å². The predicted molar refractivity (Wildman–Crippen MR) is 70.4 cm³/mol. The zero-order chi connectivity index (χ0) is 13.5. The van der Waals surface area contributed by atoms with Gasteiger partial charge in [-0.3, -0.25) is 4.90 Å². The molecule has 0 radical (unpaired) electrons. The molecule has 2 aliphatic rings. The Kier molecular flexibility index (Phi) is 3.32. The minimum Gasteiger partial charge on any atom is -0.314 e. The van der Waals surface area contributed by atoms with Crippen molar-refractivity contribution < 1.29 is 12.8 Å². The number of piperazine rings is 1. The topological polar surface area (TPSA) is 49.4 Å². The van der Waals surface area contributed by atoms with Gasteiger partial charge in [-0.25, -0.2) is 12.8 Å². The third-order valence-electron chi connectivity index (χ3n) is 3.92. The zero-order valence-corrected chi connectivity index (χ0v) is 11.4. The first-order valence-electron chi connectivity index (χ1n) is 6.53. The van der Waals surface area contributed by atoms with Crippen molar-refractivity contribution in [3.05, 3.63) is 29.6 Å². The monoisotopic (exact) mass is 284 g/mol. The van der Waals surface area contributed by atoms with Crippen molar-refractivity contribution in [3.8, 4) is 0 Å². The van der Waals surface area contributed by atoms with Crippen LogP contribution in [0.15, 0.2) is 23.1 Å². The number of rotatable bonds is 2. The van der Waals surface area contributed by atoms with Crippen molar-refractivity contribution in [1.82, 2.24) is 10.2 Å². The van der Waals surface area contributed by atoms with E-state index < -0.39 is 20.9 Å². The smallest absolute Gasteiger partial charge is 0.183 e. The maximum absolute atomic E-state index is 13.7. The van der Waals surface area contributed by atoms with Crippen molar-refractivity contribution in [1.29, 1.82) is 0 Å². The number of fused-ring (bicyclic) bond motifs is 1. The van der Waals surface area contributed by atoms with E-state index in [0.29, 0.717) is 18.5 Å². The van der Waals surface area contributed by atoms with Crippen molar-refractivity contribution in [2.75, 3.05) is 32.7 Å². The highest BCUT2D eigenvalue weighted by atomic mass is 32.2. The molecule has 0 amide bonds. The SMILES string of the molecule is O=S1(=O)c2cccc(F)c2CC1CN1CCNCC1. The Morgan fingerprint density at radius 3 is 2.74 bits per heavy atom. The molecule has 0 aliphatic carbocycles. The molecule has 6 heteroatoms. The first kappa shape index (κ1) is 13.0. The summed E-state index contributed by atoms with van der Waals surface area (Å²) in [5.74, 6) is -0.399. The lowest BCUT2D eigenvalue weighted by atomic mass is 10.1. The van der Waals surface area contributed by atoms with Gasteiger partial charge in [-0.05, 0) is 18.6 Å². The van der Waals surface area contributed by atoms with Gasteiger partial charge >= 0.3 is 0 Å². The molecule has 19 heavy (non-hydrogen) atoms. The molecule has 0 saturated carbocycles. The van der Waals surface area contributed by atoms with E-state index in [1.807, 2.05) is 0 Å². The van der Waals surface area contributed by atoms with Gasteiger partial charge in [-0.2, -0.15) is 0 Å². The average molecular weight is 284 g/mol. The van der Waals surface area contributed by atoms with E-state index in [2.05, 4.69) is 10.2 Å². The molecular weight excluding hydrogens is 267 g/mol. The summed E-state index contributed by atoms with van der Waals surface area (Å²) in [6.07, 6.45) is 0.300. The zero-order valence-electron chi connectivity index (χ0n) is 10.6. The van der Waals surface area contributed by atoms with E-state index in [1.165, 1.54) is 18.2 Å². The third kappa shape index (κ3) is 2.28. The van der Waals surface area contributed by atoms with Crippen LogP contribution in [0, 0.1) is 5.82 Å². The first-order valence-corrected chi connectivity index (χ1v) is 8.08. The Labute approximate surface area is 112 Å². The van der Waals surface area contributed by atoms with Crippen LogP contribution in [-0.2, 0) is 16.3 Å². The van der Waals surface area contributed by atoms with Gasteiger partial charge < -0.3 is 5.32 Å². The highest BCUT2D eigenvalue weighted by Crippen LogP contribution is 2.33. The summed E-state index contributed by atoms with van der Waals surface area (Å²) in [7, 11) is -3.37. The fraction of sp³-hybridized carbons (Fsp3) is 0.538. The second-order valence-corrected chi connectivity index (χ2v) is 7.33. The van der Waals surface area contributed by atoms with Gasteiger partial charge in [0.25, 0.3) is 0 Å². The summed E-state index contributed by atoms with van der Waals surface area (Å²) in [5.41, 5.74) is 0.364. The minimum atomic E-state index is -3.37. The summed E-state index contributed by atoms with van der Waals surface area (Å²) >= 11 is 0. The first-order chi connectivity index (χ1) is 9.09. The Hall–Kier alpha value is -0.980. The van der Waals surface area contributed by atoms with Gasteiger partial charge in [0.2, 0.25) is 0 Å². The van der Waals surface area contributed by atoms with Crippen LogP contribution in [0.4, 0.5) is 4.39 Å². The van der Waals surface area contributed by atoms with Gasteiger partial charge in [0.15, 0.2) is 9.84 Å². The molecule has 1 N–H and O–H groups in total. The van der Waals surface area contributed by atoms with Crippen molar-refractivity contribution >= 4 is 9.84 Å². The molecule has 1 fully saturated rings. The number of hydrogen-bond donors (Lipinski definition) is 1. The van der Waals surface area contributed by atoms with Crippen molar-refractivity contribution in [2.45, 2.75) is 16.6 Å². The van der Waals surface area contributed by atoms with Crippen LogP contribution >= 0.6 is 0 Å². The van der Waals surface area contributed by atoms with E-state index in [0.717, 1.165) is 26.2 Å². The summed E-state index contributed by atoms with van der Waals surface area (Å²) in [4.78, 5) is 2.33. The number of nitrogens with zero attached hydrogens (tertiary/aromatic N) is 1. The highest BCUT2D eigenvalue weighted by Gasteiger charge is 2.39. The summed E-state index contributed by atoms with van der Waals surface area (Å²) in [6.45, 7) is 3.97. The third-order valence-corrected chi connectivity index (χ3v) is 6.11. The molecule has 3 rings (SSSR count). The van der Waals surface area contributed by atoms with Gasteiger partial charge in [-0.15, -0.1) is 0 Å². The summed E-state index contributed by atoms with van der Waals surface area (Å²) in [6, 6.07) is 4.33. The number of nitrogens with one attached hydrogen (secondary N) is 1. The Bertz CT molecular complexity index is 582. The van der Waals surface area contributed by atoms with Crippen LogP contribution in [0.3, 0.4) is 0 Å². The van der Waals surface area contributed by atoms with Gasteiger partial charge in [-0.1, -0.05) is 6.07 Å². The Morgan fingerprint density at radius 2 is 2.05 bits per heavy atom. The lowest BCUT2D eigenvalue weighted by Gasteiger charge is -2.29. The molecule has 1 aromatic rings. The molecule has 0 aromatic heterocycles. The molecule has 2 aliphatic heterocycles. The van der Waals surface area contributed by atoms with E-state index in [9.17, 15) is 12.8 Å². The molecule has 2 heterocycles. The molecule has 0 spiro atoms. The highest BCUT2D eigenvalue weighted by molar-refractivity contribution is 7.92. The maximum Gasteiger partial charge on any atom is 0.183 e. The molecule has 1 atom stereocenters. The van der Waals surface area contributed by atoms with Gasteiger partial charge in [0.1, 0.15) is 5.82 Å². The quantitative estimate of drug-likeness (QED) is 0.855. The summed E-state index contributed by atoms with van der Waals surface area (Å²) < 4.78 is 38.5. The Balaban J connectivity index is 1.84. The Morgan fingerprint density at radius 1 is 1.32 bits per heavy atom. The molecule has 1 unspecified atom stereocenters. The van der Waals surface area contributed by atoms with Crippen molar-refractivity contribution in [3.63, 3.8) is 0 Å². The summed E-state index contributed by atoms with van der Waals surface area (Å²) in [5, 5.41) is 2.73. The fourth-order valence-corrected chi connectivity index (χ4v) is 4.81. The maximum atomic E-state index is 13.7. The molecule has 4 nitrogen and oxygen atoms in total. The number of sulfone groups is 1. The van der Waals surface area contributed by atoms with Crippen LogP contribution in [0.1, 0.15) is 5.56 Å². The van der Waals surface area contributed by atoms with Crippen LogP contribution in [0.5, 0.6) is 0 Å². The van der Waals surface area contributed by atoms with Crippen LogP contribution in [-0.4, -0.2) is 51.3 Å². The second-order valence-electron chi connectivity index (χ2n) is 5.14. The van der Waals surface area contributed by atoms with E-state index >= 15 is 0 Å². The lowest BCUT2D eigenvalue weighted by molar-refractivity contribution is 0.240. The molecule has 1 aromatic carbocycles. The predicted octanol–water partition coefficient (Wildman–Crippen LogP) is 0.429. The van der Waals surface area contributed by atoms with E-state index in [4.69, 9.17) is 0 Å². The van der Waals surface area contributed by atoms with Gasteiger partial charge in [0, 0.05) is 38.3 Å². The second kappa shape index (κ2) is 4.85. The number of benzene rings is 1. The van der Waals surface area contributed by atoms with Crippen LogP contribution in [0.2, 0.25) is 0 Å². The molecular formula is C13H17FN2O2S. The molecule has 1 saturated heterocycles. The standard InChI is InChI=1S/C13H17FN2O2S/c14-12-2-1-3-13-11(12)8-10(19(13,17)18)9-16-6-4-15-5-7-16/h1-3,10,15H,4-9H2. The number of halogens is 1. The van der Waals surface area contributed by atoms with Crippen molar-refractivity contribution in [2.24, 2.45) is 0 Å². The van der Waals surface area contributed by atoms with Crippen LogP contribution < -0.4 is 5.32 Å². The largest absolute Gasteiger partial charge is 0.314 e. The normalized spacial score (nSPS) is 26.3. The molecule has 104 valence electrons. The number of hydrogen-bond acceptors (Lipinski definition) is 4. The fourth-order valence-electron chi connectivity index (χ4n) is 2.86.